The first-order valence-corrected chi connectivity index (χ1v) is 5.70. The highest BCUT2D eigenvalue weighted by molar-refractivity contribution is 9.11. The number of hydrogen-bond acceptors (Lipinski definition) is 2. The van der Waals surface area contributed by atoms with E-state index in [1.807, 2.05) is 18.2 Å². The van der Waals surface area contributed by atoms with Crippen molar-refractivity contribution >= 4 is 43.5 Å². The molecule has 0 aliphatic carbocycles. The topological polar surface area (TPSA) is 46.3 Å². The highest BCUT2D eigenvalue weighted by atomic mass is 79.9. The van der Waals surface area contributed by atoms with Gasteiger partial charge in [-0.05, 0) is 34.1 Å². The Hall–Kier alpha value is -0.390. The monoisotopic (exact) mass is 318 g/mol. The van der Waals surface area contributed by atoms with E-state index in [0.29, 0.717) is 6.54 Å². The Morgan fingerprint density at radius 1 is 1.43 bits per heavy atom. The van der Waals surface area contributed by atoms with E-state index in [1.165, 1.54) is 0 Å². The number of nitrogens with two attached hydrogens (primary N) is 1. The van der Waals surface area contributed by atoms with Gasteiger partial charge in [-0.2, -0.15) is 0 Å². The van der Waals surface area contributed by atoms with Crippen molar-refractivity contribution in [1.82, 2.24) is 0 Å². The van der Waals surface area contributed by atoms with Crippen molar-refractivity contribution in [2.75, 3.05) is 11.4 Å². The number of carbonyl (C=O) groups excluding carboxylic acids is 1. The van der Waals surface area contributed by atoms with E-state index in [0.717, 1.165) is 14.6 Å². The summed E-state index contributed by atoms with van der Waals surface area (Å²) in [6.45, 7) is 0.596. The van der Waals surface area contributed by atoms with Gasteiger partial charge in [-0.25, -0.2) is 0 Å². The predicted molar refractivity (Wildman–Crippen MR) is 62.2 cm³/mol. The van der Waals surface area contributed by atoms with Gasteiger partial charge in [-0.1, -0.05) is 15.9 Å². The first kappa shape index (κ1) is 10.1. The Bertz CT molecular complexity index is 394. The molecule has 2 rings (SSSR count). The van der Waals surface area contributed by atoms with Crippen molar-refractivity contribution in [2.45, 2.75) is 6.04 Å². The SMILES string of the molecule is NC1CN(c2ccc(Br)cc2Br)C1=O. The third-order valence-corrected chi connectivity index (χ3v) is 3.29. The molecular formula is C9H8Br2N2O. The molecule has 14 heavy (non-hydrogen) atoms. The van der Waals surface area contributed by atoms with E-state index in [1.54, 1.807) is 4.90 Å². The van der Waals surface area contributed by atoms with Gasteiger partial charge in [0.25, 0.3) is 0 Å². The zero-order valence-corrected chi connectivity index (χ0v) is 10.4. The quantitative estimate of drug-likeness (QED) is 0.803. The smallest absolute Gasteiger partial charge is 0.245 e. The number of anilines is 1. The molecule has 0 aromatic heterocycles. The number of β-lactam (4-membered cyclic amide) rings is 1. The average molecular weight is 320 g/mol. The zero-order valence-electron chi connectivity index (χ0n) is 7.21. The Labute approximate surface area is 98.5 Å². The summed E-state index contributed by atoms with van der Waals surface area (Å²) in [7, 11) is 0. The first-order valence-electron chi connectivity index (χ1n) is 4.11. The molecule has 3 nitrogen and oxygen atoms in total. The molecule has 0 spiro atoms. The Morgan fingerprint density at radius 2 is 2.14 bits per heavy atom. The summed E-state index contributed by atoms with van der Waals surface area (Å²) in [4.78, 5) is 13.0. The maximum absolute atomic E-state index is 11.4. The average Bonchev–Trinajstić information content (AvgIpc) is 2.15. The number of nitrogens with zero attached hydrogens (tertiary/aromatic N) is 1. The molecule has 1 fully saturated rings. The molecule has 1 aliphatic heterocycles. The van der Waals surface area contributed by atoms with E-state index in [4.69, 9.17) is 5.73 Å². The van der Waals surface area contributed by atoms with E-state index in [2.05, 4.69) is 31.9 Å². The number of benzene rings is 1. The molecule has 0 saturated carbocycles. The van der Waals surface area contributed by atoms with Crippen molar-refractivity contribution in [3.05, 3.63) is 27.1 Å². The number of halogens is 2. The van der Waals surface area contributed by atoms with Gasteiger partial charge >= 0.3 is 0 Å². The fourth-order valence-corrected chi connectivity index (χ4v) is 2.63. The zero-order chi connectivity index (χ0) is 10.3. The van der Waals surface area contributed by atoms with Gasteiger partial charge in [-0.15, -0.1) is 0 Å². The van der Waals surface area contributed by atoms with Crippen LogP contribution >= 0.6 is 31.9 Å². The van der Waals surface area contributed by atoms with Gasteiger partial charge in [0.15, 0.2) is 0 Å². The third-order valence-electron chi connectivity index (χ3n) is 2.16. The van der Waals surface area contributed by atoms with Crippen LogP contribution in [0.3, 0.4) is 0 Å². The normalized spacial score (nSPS) is 20.9. The summed E-state index contributed by atoms with van der Waals surface area (Å²) >= 11 is 6.76. The minimum atomic E-state index is -0.328. The van der Waals surface area contributed by atoms with E-state index in [9.17, 15) is 4.79 Å². The summed E-state index contributed by atoms with van der Waals surface area (Å²) in [5, 5.41) is 0. The van der Waals surface area contributed by atoms with Crippen LogP contribution in [0.15, 0.2) is 27.1 Å². The van der Waals surface area contributed by atoms with Gasteiger partial charge in [0.1, 0.15) is 6.04 Å². The fraction of sp³-hybridized carbons (Fsp3) is 0.222. The second kappa shape index (κ2) is 3.64. The highest BCUT2D eigenvalue weighted by Gasteiger charge is 2.35. The molecule has 1 unspecified atom stereocenters. The predicted octanol–water partition coefficient (Wildman–Crippen LogP) is 1.89. The van der Waals surface area contributed by atoms with Crippen molar-refractivity contribution in [3.8, 4) is 0 Å². The summed E-state index contributed by atoms with van der Waals surface area (Å²) in [5.41, 5.74) is 6.39. The van der Waals surface area contributed by atoms with Crippen molar-refractivity contribution in [2.24, 2.45) is 5.73 Å². The lowest BCUT2D eigenvalue weighted by Gasteiger charge is -2.36. The second-order valence-corrected chi connectivity index (χ2v) is 4.92. The lowest BCUT2D eigenvalue weighted by atomic mass is 10.1. The molecule has 74 valence electrons. The van der Waals surface area contributed by atoms with Crippen molar-refractivity contribution < 1.29 is 4.79 Å². The van der Waals surface area contributed by atoms with E-state index < -0.39 is 0 Å². The number of amides is 1. The molecule has 1 aliphatic rings. The van der Waals surface area contributed by atoms with Crippen LogP contribution in [0.25, 0.3) is 0 Å². The van der Waals surface area contributed by atoms with Crippen LogP contribution in [0.5, 0.6) is 0 Å². The molecule has 1 saturated heterocycles. The van der Waals surface area contributed by atoms with Gasteiger partial charge in [0, 0.05) is 8.95 Å². The molecule has 1 aromatic rings. The molecule has 0 radical (unpaired) electrons. The fourth-order valence-electron chi connectivity index (χ4n) is 1.37. The number of hydrogen-bond donors (Lipinski definition) is 1. The molecule has 1 heterocycles. The molecule has 1 amide bonds. The van der Waals surface area contributed by atoms with Crippen LogP contribution in [-0.4, -0.2) is 18.5 Å². The third kappa shape index (κ3) is 1.60. The van der Waals surface area contributed by atoms with Crippen LogP contribution in [0.2, 0.25) is 0 Å². The van der Waals surface area contributed by atoms with E-state index >= 15 is 0 Å². The maximum Gasteiger partial charge on any atom is 0.245 e. The van der Waals surface area contributed by atoms with E-state index in [-0.39, 0.29) is 11.9 Å². The standard InChI is InChI=1S/C9H8Br2N2O/c10-5-1-2-8(6(11)3-5)13-4-7(12)9(13)14/h1-3,7H,4,12H2. The van der Waals surface area contributed by atoms with Gasteiger partial charge in [0.2, 0.25) is 5.91 Å². The summed E-state index contributed by atoms with van der Waals surface area (Å²) < 4.78 is 1.87. The molecule has 1 atom stereocenters. The minimum Gasteiger partial charge on any atom is -0.318 e. The Morgan fingerprint density at radius 3 is 2.64 bits per heavy atom. The maximum atomic E-state index is 11.4. The van der Waals surface area contributed by atoms with Crippen LogP contribution in [-0.2, 0) is 4.79 Å². The summed E-state index contributed by atoms with van der Waals surface area (Å²) in [6.07, 6.45) is 0. The second-order valence-electron chi connectivity index (χ2n) is 3.15. The van der Waals surface area contributed by atoms with Crippen LogP contribution < -0.4 is 10.6 Å². The molecular weight excluding hydrogens is 312 g/mol. The summed E-state index contributed by atoms with van der Waals surface area (Å²) in [5.74, 6) is -0.0203. The van der Waals surface area contributed by atoms with Crippen LogP contribution in [0.4, 0.5) is 5.69 Å². The van der Waals surface area contributed by atoms with Crippen molar-refractivity contribution in [3.63, 3.8) is 0 Å². The Kier molecular flexibility index (Phi) is 2.64. The van der Waals surface area contributed by atoms with Crippen LogP contribution in [0.1, 0.15) is 0 Å². The summed E-state index contributed by atoms with van der Waals surface area (Å²) in [6, 6.07) is 5.37. The lowest BCUT2D eigenvalue weighted by molar-refractivity contribution is -0.123. The highest BCUT2D eigenvalue weighted by Crippen LogP contribution is 2.32. The van der Waals surface area contributed by atoms with Gasteiger partial charge in [0.05, 0.1) is 12.2 Å². The van der Waals surface area contributed by atoms with Gasteiger partial charge < -0.3 is 10.6 Å². The first-order chi connectivity index (χ1) is 6.59. The van der Waals surface area contributed by atoms with Gasteiger partial charge in [-0.3, -0.25) is 4.79 Å². The number of rotatable bonds is 1. The lowest BCUT2D eigenvalue weighted by Crippen LogP contribution is -2.61. The number of carbonyl (C=O) groups is 1. The largest absolute Gasteiger partial charge is 0.318 e. The molecule has 0 bridgehead atoms. The molecule has 5 heteroatoms. The Balaban J connectivity index is 2.30. The minimum absolute atomic E-state index is 0.0203. The molecule has 1 aromatic carbocycles. The van der Waals surface area contributed by atoms with Crippen molar-refractivity contribution in [1.29, 1.82) is 0 Å². The van der Waals surface area contributed by atoms with Crippen LogP contribution in [0, 0.1) is 0 Å². The molecule has 2 N–H and O–H groups in total.